The van der Waals surface area contributed by atoms with Crippen LogP contribution in [0.5, 0.6) is 0 Å². The Morgan fingerprint density at radius 3 is 2.61 bits per heavy atom. The van der Waals surface area contributed by atoms with Gasteiger partial charge in [0.05, 0.1) is 12.8 Å². The van der Waals surface area contributed by atoms with Crippen molar-refractivity contribution < 1.29 is 12.9 Å². The largest absolute Gasteiger partial charge is 0.338 e. The Morgan fingerprint density at radius 1 is 1.33 bits per heavy atom. The highest BCUT2D eigenvalue weighted by Crippen LogP contribution is 2.18. The number of benzene rings is 1. The first-order valence-electron chi connectivity index (χ1n) is 4.97. The lowest BCUT2D eigenvalue weighted by molar-refractivity contribution is 0.376. The molecule has 1 N–H and O–H groups in total. The van der Waals surface area contributed by atoms with Crippen LogP contribution >= 0.6 is 11.6 Å². The predicted molar refractivity (Wildman–Crippen MR) is 66.4 cm³/mol. The molecule has 0 aliphatic carbocycles. The number of nitrogens with one attached hydrogen (secondary N) is 1. The summed E-state index contributed by atoms with van der Waals surface area (Å²) in [6.07, 6.45) is 1.06. The third-order valence-corrected chi connectivity index (χ3v) is 2.98. The van der Waals surface area contributed by atoms with Crippen molar-refractivity contribution in [1.82, 2.24) is 14.9 Å². The van der Waals surface area contributed by atoms with Gasteiger partial charge in [-0.2, -0.15) is 4.98 Å². The highest BCUT2D eigenvalue weighted by Gasteiger charge is 2.10. The fourth-order valence-electron chi connectivity index (χ4n) is 1.24. The summed E-state index contributed by atoms with van der Waals surface area (Å²) < 4.78 is 29.0. The zero-order valence-corrected chi connectivity index (χ0v) is 11.0. The zero-order chi connectivity index (χ0) is 13.2. The lowest BCUT2D eigenvalue weighted by atomic mass is 10.2. The van der Waals surface area contributed by atoms with Crippen LogP contribution in [-0.4, -0.2) is 24.8 Å². The van der Waals surface area contributed by atoms with Crippen molar-refractivity contribution in [1.29, 1.82) is 0 Å². The van der Waals surface area contributed by atoms with Crippen LogP contribution in [-0.2, 0) is 16.6 Å². The van der Waals surface area contributed by atoms with E-state index in [0.717, 1.165) is 11.8 Å². The van der Waals surface area contributed by atoms with Gasteiger partial charge in [0.15, 0.2) is 0 Å². The summed E-state index contributed by atoms with van der Waals surface area (Å²) >= 11 is 5.76. The molecule has 0 aliphatic heterocycles. The first-order chi connectivity index (χ1) is 8.44. The Balaban J connectivity index is 2.13. The van der Waals surface area contributed by atoms with E-state index < -0.39 is 10.0 Å². The Hall–Kier alpha value is -1.44. The molecule has 1 aromatic carbocycles. The van der Waals surface area contributed by atoms with Gasteiger partial charge < -0.3 is 4.52 Å². The van der Waals surface area contributed by atoms with E-state index >= 15 is 0 Å². The van der Waals surface area contributed by atoms with Gasteiger partial charge in [0, 0.05) is 10.6 Å². The number of aromatic nitrogens is 2. The van der Waals surface area contributed by atoms with Crippen LogP contribution in [0.4, 0.5) is 0 Å². The first kappa shape index (κ1) is 13.0. The average Bonchev–Trinajstić information content (AvgIpc) is 2.75. The highest BCUT2D eigenvalue weighted by molar-refractivity contribution is 7.88. The van der Waals surface area contributed by atoms with E-state index in [9.17, 15) is 8.42 Å². The topological polar surface area (TPSA) is 85.1 Å². The molecule has 2 aromatic rings. The number of rotatable bonds is 4. The maximum atomic E-state index is 10.9. The normalized spacial score (nSPS) is 11.7. The maximum absolute atomic E-state index is 10.9. The minimum Gasteiger partial charge on any atom is -0.338 e. The zero-order valence-electron chi connectivity index (χ0n) is 9.42. The van der Waals surface area contributed by atoms with Crippen LogP contribution < -0.4 is 4.72 Å². The van der Waals surface area contributed by atoms with Crippen molar-refractivity contribution >= 4 is 21.6 Å². The maximum Gasteiger partial charge on any atom is 0.242 e. The van der Waals surface area contributed by atoms with Crippen LogP contribution in [0, 0.1) is 0 Å². The Bertz CT molecular complexity index is 637. The molecule has 1 heterocycles. The molecule has 1 aromatic heterocycles. The molecule has 0 radical (unpaired) electrons. The summed E-state index contributed by atoms with van der Waals surface area (Å²) in [5.74, 6) is 0.586. The monoisotopic (exact) mass is 287 g/mol. The Morgan fingerprint density at radius 2 is 2.00 bits per heavy atom. The minimum absolute atomic E-state index is 0.0284. The Labute approximate surface area is 109 Å². The van der Waals surface area contributed by atoms with Gasteiger partial charge >= 0.3 is 0 Å². The smallest absolute Gasteiger partial charge is 0.242 e. The van der Waals surface area contributed by atoms with Gasteiger partial charge in [-0.3, -0.25) is 0 Å². The summed E-state index contributed by atoms with van der Waals surface area (Å²) in [6, 6.07) is 6.92. The number of hydrogen-bond acceptors (Lipinski definition) is 5. The Kier molecular flexibility index (Phi) is 3.65. The van der Waals surface area contributed by atoms with E-state index in [0.29, 0.717) is 10.8 Å². The van der Waals surface area contributed by atoms with Gasteiger partial charge in [-0.25, -0.2) is 13.1 Å². The second-order valence-corrected chi connectivity index (χ2v) is 5.88. The summed E-state index contributed by atoms with van der Waals surface area (Å²) in [5.41, 5.74) is 0.744. The fraction of sp³-hybridized carbons (Fsp3) is 0.200. The molecule has 0 spiro atoms. The molecule has 96 valence electrons. The lowest BCUT2D eigenvalue weighted by Gasteiger charge is -1.95. The van der Waals surface area contributed by atoms with Crippen LogP contribution in [0.2, 0.25) is 5.02 Å². The van der Waals surface area contributed by atoms with E-state index in [-0.39, 0.29) is 12.4 Å². The van der Waals surface area contributed by atoms with E-state index in [1.54, 1.807) is 24.3 Å². The molecule has 6 nitrogen and oxygen atoms in total. The van der Waals surface area contributed by atoms with Crippen LogP contribution in [0.25, 0.3) is 11.4 Å². The molecular formula is C10H10ClN3O3S. The third kappa shape index (κ3) is 3.52. The van der Waals surface area contributed by atoms with Gasteiger partial charge in [-0.1, -0.05) is 16.8 Å². The van der Waals surface area contributed by atoms with Gasteiger partial charge in [0.25, 0.3) is 0 Å². The molecule has 0 aliphatic rings. The fourth-order valence-corrected chi connectivity index (χ4v) is 1.75. The predicted octanol–water partition coefficient (Wildman–Crippen LogP) is 1.44. The molecule has 0 unspecified atom stereocenters. The molecule has 0 bridgehead atoms. The summed E-state index contributed by atoms with van der Waals surface area (Å²) in [4.78, 5) is 4.07. The number of halogens is 1. The molecule has 0 amide bonds. The van der Waals surface area contributed by atoms with E-state index in [4.69, 9.17) is 16.1 Å². The molecule has 0 saturated heterocycles. The van der Waals surface area contributed by atoms with E-state index in [1.807, 2.05) is 0 Å². The van der Waals surface area contributed by atoms with E-state index in [2.05, 4.69) is 14.9 Å². The van der Waals surface area contributed by atoms with Crippen molar-refractivity contribution in [2.75, 3.05) is 6.26 Å². The molecule has 0 atom stereocenters. The van der Waals surface area contributed by atoms with Crippen LogP contribution in [0.15, 0.2) is 28.8 Å². The molecule has 2 rings (SSSR count). The molecular weight excluding hydrogens is 278 g/mol. The second-order valence-electron chi connectivity index (χ2n) is 3.61. The van der Waals surface area contributed by atoms with Crippen molar-refractivity contribution in [3.05, 3.63) is 35.2 Å². The van der Waals surface area contributed by atoms with E-state index in [1.165, 1.54) is 0 Å². The first-order valence-corrected chi connectivity index (χ1v) is 7.24. The number of sulfonamides is 1. The van der Waals surface area contributed by atoms with Crippen LogP contribution in [0.1, 0.15) is 5.89 Å². The van der Waals surface area contributed by atoms with Gasteiger partial charge in [0.1, 0.15) is 0 Å². The van der Waals surface area contributed by atoms with Gasteiger partial charge in [0.2, 0.25) is 21.7 Å². The third-order valence-electron chi connectivity index (χ3n) is 2.06. The van der Waals surface area contributed by atoms with Crippen molar-refractivity contribution in [2.45, 2.75) is 6.54 Å². The van der Waals surface area contributed by atoms with Gasteiger partial charge in [-0.05, 0) is 24.3 Å². The number of nitrogens with zero attached hydrogens (tertiary/aromatic N) is 2. The molecule has 8 heteroatoms. The molecule has 18 heavy (non-hydrogen) atoms. The molecule has 0 saturated carbocycles. The second kappa shape index (κ2) is 5.05. The summed E-state index contributed by atoms with van der Waals surface area (Å²) in [6.45, 7) is -0.0284. The van der Waals surface area contributed by atoms with Crippen molar-refractivity contribution in [3.63, 3.8) is 0 Å². The van der Waals surface area contributed by atoms with Crippen molar-refractivity contribution in [2.24, 2.45) is 0 Å². The molecule has 0 fully saturated rings. The van der Waals surface area contributed by atoms with Gasteiger partial charge in [-0.15, -0.1) is 0 Å². The minimum atomic E-state index is -3.28. The standard InChI is InChI=1S/C10H10ClN3O3S/c1-18(15,16)12-6-9-13-10(14-17-9)7-2-4-8(11)5-3-7/h2-5,12H,6H2,1H3. The summed E-state index contributed by atoms with van der Waals surface area (Å²) in [5, 5.41) is 4.36. The highest BCUT2D eigenvalue weighted by atomic mass is 35.5. The lowest BCUT2D eigenvalue weighted by Crippen LogP contribution is -2.21. The number of hydrogen-bond donors (Lipinski definition) is 1. The SMILES string of the molecule is CS(=O)(=O)NCc1nc(-c2ccc(Cl)cc2)no1. The quantitative estimate of drug-likeness (QED) is 0.919. The van der Waals surface area contributed by atoms with Crippen molar-refractivity contribution in [3.8, 4) is 11.4 Å². The van der Waals surface area contributed by atoms with Crippen LogP contribution in [0.3, 0.4) is 0 Å². The average molecular weight is 288 g/mol. The summed E-state index contributed by atoms with van der Waals surface area (Å²) in [7, 11) is -3.28.